The Bertz CT molecular complexity index is 377. The maximum atomic E-state index is 9.78. The van der Waals surface area contributed by atoms with Gasteiger partial charge in [0.15, 0.2) is 0 Å². The van der Waals surface area contributed by atoms with Crippen LogP contribution in [0.1, 0.15) is 18.5 Å². The molecular formula is C12H18N2O2. The summed E-state index contributed by atoms with van der Waals surface area (Å²) in [5.74, 6) is 0.257. The average Bonchev–Trinajstić information content (AvgIpc) is 2.14. The minimum Gasteiger partial charge on any atom is -0.508 e. The molecule has 1 aliphatic heterocycles. The van der Waals surface area contributed by atoms with Crippen molar-refractivity contribution in [3.05, 3.63) is 23.8 Å². The van der Waals surface area contributed by atoms with Crippen LogP contribution >= 0.6 is 0 Å². The van der Waals surface area contributed by atoms with Crippen molar-refractivity contribution in [3.8, 4) is 11.5 Å². The first-order valence-corrected chi connectivity index (χ1v) is 5.54. The van der Waals surface area contributed by atoms with E-state index in [0.717, 1.165) is 18.7 Å². The highest BCUT2D eigenvalue weighted by Crippen LogP contribution is 2.31. The summed E-state index contributed by atoms with van der Waals surface area (Å²) in [4.78, 5) is 2.24. The van der Waals surface area contributed by atoms with Gasteiger partial charge in [-0.2, -0.15) is 0 Å². The van der Waals surface area contributed by atoms with E-state index in [0.29, 0.717) is 6.04 Å². The summed E-state index contributed by atoms with van der Waals surface area (Å²) in [7, 11) is 2.06. The third kappa shape index (κ3) is 1.99. The van der Waals surface area contributed by atoms with Gasteiger partial charge in [-0.05, 0) is 20.0 Å². The van der Waals surface area contributed by atoms with Crippen molar-refractivity contribution < 1.29 is 10.2 Å². The van der Waals surface area contributed by atoms with Gasteiger partial charge in [-0.3, -0.25) is 4.90 Å². The maximum absolute atomic E-state index is 9.78. The van der Waals surface area contributed by atoms with Crippen LogP contribution in [0.25, 0.3) is 0 Å². The van der Waals surface area contributed by atoms with E-state index in [1.54, 1.807) is 12.1 Å². The van der Waals surface area contributed by atoms with Crippen molar-refractivity contribution in [1.29, 1.82) is 0 Å². The van der Waals surface area contributed by atoms with E-state index in [2.05, 4.69) is 24.2 Å². The Morgan fingerprint density at radius 3 is 2.56 bits per heavy atom. The molecule has 0 amide bonds. The van der Waals surface area contributed by atoms with Crippen LogP contribution in [-0.4, -0.2) is 41.3 Å². The minimum absolute atomic E-state index is 0.0985. The zero-order valence-corrected chi connectivity index (χ0v) is 9.64. The third-order valence-corrected chi connectivity index (χ3v) is 3.41. The highest BCUT2D eigenvalue weighted by molar-refractivity contribution is 5.40. The lowest BCUT2D eigenvalue weighted by Crippen LogP contribution is -2.56. The molecule has 1 aromatic rings. The standard InChI is InChI=1S/C12H18N2O2/c1-8(14(2)9-6-13-7-9)11-4-3-10(15)5-12(11)16/h3-5,8-9,13,15-16H,6-7H2,1-2H3. The number of hydrogen-bond acceptors (Lipinski definition) is 4. The van der Waals surface area contributed by atoms with Crippen molar-refractivity contribution >= 4 is 0 Å². The molecule has 1 unspecified atom stereocenters. The van der Waals surface area contributed by atoms with Gasteiger partial charge in [-0.25, -0.2) is 0 Å². The molecule has 16 heavy (non-hydrogen) atoms. The van der Waals surface area contributed by atoms with Gasteiger partial charge in [0.1, 0.15) is 11.5 Å². The van der Waals surface area contributed by atoms with E-state index in [-0.39, 0.29) is 17.5 Å². The number of phenolic OH excluding ortho intramolecular Hbond substituents is 2. The maximum Gasteiger partial charge on any atom is 0.124 e. The van der Waals surface area contributed by atoms with Crippen molar-refractivity contribution in [2.24, 2.45) is 0 Å². The van der Waals surface area contributed by atoms with E-state index < -0.39 is 0 Å². The van der Waals surface area contributed by atoms with E-state index >= 15 is 0 Å². The molecule has 0 saturated carbocycles. The predicted molar refractivity (Wildman–Crippen MR) is 62.6 cm³/mol. The minimum atomic E-state index is 0.0985. The van der Waals surface area contributed by atoms with Crippen molar-refractivity contribution in [2.45, 2.75) is 19.0 Å². The van der Waals surface area contributed by atoms with Gasteiger partial charge < -0.3 is 15.5 Å². The second-order valence-corrected chi connectivity index (χ2v) is 4.40. The Morgan fingerprint density at radius 2 is 2.06 bits per heavy atom. The SMILES string of the molecule is CC(c1ccc(O)cc1O)N(C)C1CNC1. The third-order valence-electron chi connectivity index (χ3n) is 3.41. The molecule has 1 fully saturated rings. The lowest BCUT2D eigenvalue weighted by atomic mass is 10.0. The molecule has 1 heterocycles. The van der Waals surface area contributed by atoms with E-state index in [9.17, 15) is 10.2 Å². The predicted octanol–water partition coefficient (Wildman–Crippen LogP) is 1.06. The van der Waals surface area contributed by atoms with Crippen molar-refractivity contribution in [3.63, 3.8) is 0 Å². The second-order valence-electron chi connectivity index (χ2n) is 4.40. The summed E-state index contributed by atoms with van der Waals surface area (Å²) < 4.78 is 0. The molecule has 1 aromatic carbocycles. The molecule has 1 saturated heterocycles. The number of nitrogens with one attached hydrogen (secondary N) is 1. The van der Waals surface area contributed by atoms with Crippen LogP contribution in [0.5, 0.6) is 11.5 Å². The van der Waals surface area contributed by atoms with Crippen LogP contribution < -0.4 is 5.32 Å². The van der Waals surface area contributed by atoms with Crippen molar-refractivity contribution in [1.82, 2.24) is 10.2 Å². The first-order valence-electron chi connectivity index (χ1n) is 5.54. The largest absolute Gasteiger partial charge is 0.508 e. The molecule has 0 spiro atoms. The van der Waals surface area contributed by atoms with Gasteiger partial charge in [-0.1, -0.05) is 6.07 Å². The van der Waals surface area contributed by atoms with Gasteiger partial charge in [0, 0.05) is 36.8 Å². The average molecular weight is 222 g/mol. The van der Waals surface area contributed by atoms with E-state index in [1.165, 1.54) is 6.07 Å². The molecule has 0 radical (unpaired) electrons. The Balaban J connectivity index is 2.15. The Labute approximate surface area is 95.5 Å². The zero-order chi connectivity index (χ0) is 11.7. The van der Waals surface area contributed by atoms with Gasteiger partial charge in [0.25, 0.3) is 0 Å². The summed E-state index contributed by atoms with van der Waals surface area (Å²) >= 11 is 0. The quantitative estimate of drug-likeness (QED) is 0.716. The Hall–Kier alpha value is -1.26. The lowest BCUT2D eigenvalue weighted by molar-refractivity contribution is 0.135. The lowest BCUT2D eigenvalue weighted by Gasteiger charge is -2.39. The summed E-state index contributed by atoms with van der Waals surface area (Å²) in [6, 6.07) is 5.45. The van der Waals surface area contributed by atoms with Gasteiger partial charge in [0.05, 0.1) is 0 Å². The van der Waals surface area contributed by atoms with Gasteiger partial charge >= 0.3 is 0 Å². The molecule has 0 aromatic heterocycles. The summed E-state index contributed by atoms with van der Waals surface area (Å²) in [6.07, 6.45) is 0. The van der Waals surface area contributed by atoms with Crippen LogP contribution in [-0.2, 0) is 0 Å². The van der Waals surface area contributed by atoms with Crippen LogP contribution in [0.3, 0.4) is 0 Å². The number of phenols is 2. The molecule has 2 rings (SSSR count). The molecule has 1 aliphatic rings. The Kier molecular flexibility index (Phi) is 3.03. The second kappa shape index (κ2) is 4.31. The molecule has 1 atom stereocenters. The molecule has 88 valence electrons. The molecular weight excluding hydrogens is 204 g/mol. The van der Waals surface area contributed by atoms with Crippen molar-refractivity contribution in [2.75, 3.05) is 20.1 Å². The smallest absolute Gasteiger partial charge is 0.124 e. The first kappa shape index (κ1) is 11.2. The van der Waals surface area contributed by atoms with Gasteiger partial charge in [-0.15, -0.1) is 0 Å². The van der Waals surface area contributed by atoms with Crippen LogP contribution in [0.2, 0.25) is 0 Å². The topological polar surface area (TPSA) is 55.7 Å². The number of benzene rings is 1. The molecule has 4 heteroatoms. The summed E-state index contributed by atoms with van der Waals surface area (Å²) in [5.41, 5.74) is 0.854. The normalized spacial score (nSPS) is 18.4. The Morgan fingerprint density at radius 1 is 1.38 bits per heavy atom. The number of rotatable bonds is 3. The first-order chi connectivity index (χ1) is 7.59. The van der Waals surface area contributed by atoms with Crippen LogP contribution in [0.15, 0.2) is 18.2 Å². The van der Waals surface area contributed by atoms with Crippen LogP contribution in [0.4, 0.5) is 0 Å². The molecule has 0 bridgehead atoms. The number of hydrogen-bond donors (Lipinski definition) is 3. The van der Waals surface area contributed by atoms with E-state index in [1.807, 2.05) is 0 Å². The monoisotopic (exact) mass is 222 g/mol. The molecule has 0 aliphatic carbocycles. The number of aromatic hydroxyl groups is 2. The fourth-order valence-corrected chi connectivity index (χ4v) is 1.98. The highest BCUT2D eigenvalue weighted by atomic mass is 16.3. The number of likely N-dealkylation sites (N-methyl/N-ethyl adjacent to an activating group) is 1. The highest BCUT2D eigenvalue weighted by Gasteiger charge is 2.26. The number of nitrogens with zero attached hydrogens (tertiary/aromatic N) is 1. The molecule has 4 nitrogen and oxygen atoms in total. The fourth-order valence-electron chi connectivity index (χ4n) is 1.98. The van der Waals surface area contributed by atoms with Crippen LogP contribution in [0, 0.1) is 0 Å². The van der Waals surface area contributed by atoms with E-state index in [4.69, 9.17) is 0 Å². The molecule has 3 N–H and O–H groups in total. The summed E-state index contributed by atoms with van der Waals surface area (Å²) in [6.45, 7) is 4.06. The zero-order valence-electron chi connectivity index (χ0n) is 9.64. The fraction of sp³-hybridized carbons (Fsp3) is 0.500. The van der Waals surface area contributed by atoms with Gasteiger partial charge in [0.2, 0.25) is 0 Å². The summed E-state index contributed by atoms with van der Waals surface area (Å²) in [5, 5.41) is 22.2.